The number of aliphatic hydroxyl groups excluding tert-OH is 2. The number of hydrogen-bond acceptors (Lipinski definition) is 9. The fourth-order valence-corrected chi connectivity index (χ4v) is 5.35. The minimum atomic E-state index is -4.62. The quantitative estimate of drug-likeness (QED) is 0.0254. The number of carbonyl (C=O) groups excluding carboxylic acids is 2. The normalized spacial score (nSPS) is 14.7. The number of ether oxygens (including phenoxy) is 2. The zero-order valence-electron chi connectivity index (χ0n) is 30.8. The van der Waals surface area contributed by atoms with Crippen molar-refractivity contribution in [2.24, 2.45) is 0 Å². The van der Waals surface area contributed by atoms with E-state index in [0.717, 1.165) is 51.4 Å². The highest BCUT2D eigenvalue weighted by atomic mass is 31.2. The fourth-order valence-electron chi connectivity index (χ4n) is 4.56. The number of allylic oxidation sites excluding steroid dienone is 10. The number of phosphoric ester groups is 1. The molecule has 0 aliphatic heterocycles. The van der Waals surface area contributed by atoms with Crippen LogP contribution in [0, 0.1) is 0 Å². The van der Waals surface area contributed by atoms with Gasteiger partial charge in [0.05, 0.1) is 19.8 Å². The van der Waals surface area contributed by atoms with Crippen molar-refractivity contribution >= 4 is 19.8 Å². The van der Waals surface area contributed by atoms with Crippen molar-refractivity contribution in [1.29, 1.82) is 0 Å². The molecule has 288 valence electrons. The van der Waals surface area contributed by atoms with Crippen LogP contribution in [0.4, 0.5) is 0 Å². The monoisotopic (exact) mass is 726 g/mol. The van der Waals surface area contributed by atoms with Crippen LogP contribution >= 0.6 is 7.82 Å². The molecule has 11 heteroatoms. The summed E-state index contributed by atoms with van der Waals surface area (Å²) in [5.74, 6) is -1.00. The molecule has 0 amide bonds. The Balaban J connectivity index is 4.46. The molecule has 0 spiro atoms. The zero-order chi connectivity index (χ0) is 37.0. The van der Waals surface area contributed by atoms with Gasteiger partial charge in [0.15, 0.2) is 6.10 Å². The first-order valence-electron chi connectivity index (χ1n) is 18.7. The van der Waals surface area contributed by atoms with E-state index in [9.17, 15) is 24.2 Å². The fraction of sp³-hybridized carbons (Fsp3) is 0.692. The summed E-state index contributed by atoms with van der Waals surface area (Å²) < 4.78 is 32.5. The molecule has 0 fully saturated rings. The van der Waals surface area contributed by atoms with Crippen LogP contribution in [0.2, 0.25) is 0 Å². The van der Waals surface area contributed by atoms with E-state index in [1.165, 1.54) is 38.5 Å². The Labute approximate surface area is 302 Å². The van der Waals surface area contributed by atoms with Gasteiger partial charge in [-0.05, 0) is 51.4 Å². The Morgan fingerprint density at radius 1 is 0.620 bits per heavy atom. The lowest BCUT2D eigenvalue weighted by Crippen LogP contribution is -2.29. The van der Waals surface area contributed by atoms with E-state index in [-0.39, 0.29) is 19.4 Å². The molecule has 0 saturated heterocycles. The number of esters is 2. The average molecular weight is 727 g/mol. The molecule has 0 aromatic rings. The largest absolute Gasteiger partial charge is 0.472 e. The van der Waals surface area contributed by atoms with Crippen molar-refractivity contribution in [1.82, 2.24) is 0 Å². The molecule has 0 radical (unpaired) electrons. The Bertz CT molecular complexity index is 1020. The lowest BCUT2D eigenvalue weighted by Gasteiger charge is -2.20. The molecule has 0 rings (SSSR count). The second-order valence-corrected chi connectivity index (χ2v) is 13.7. The van der Waals surface area contributed by atoms with E-state index in [4.69, 9.17) is 19.1 Å². The van der Waals surface area contributed by atoms with Crippen LogP contribution in [-0.4, -0.2) is 65.7 Å². The highest BCUT2D eigenvalue weighted by Crippen LogP contribution is 2.43. The van der Waals surface area contributed by atoms with Crippen LogP contribution in [0.25, 0.3) is 0 Å². The lowest BCUT2D eigenvalue weighted by molar-refractivity contribution is -0.161. The standard InChI is InChI=1S/C39H67O10P/c1-3-5-7-9-11-13-15-16-17-18-19-20-21-23-24-26-28-30-38(42)46-34-37(35-48-50(44,45)47-33-36(41)32-40)49-39(43)31-29-27-25-22-14-12-10-8-6-4-2/h5,7,11,13,16-17,19-20,23-24,36-37,40-41H,3-4,6,8-10,12,14-15,18,21-22,25-35H2,1-2H3,(H,44,45)/b7-5+,13-11+,17-16+,20-19+,24-23+/t36-,37+/m1/s1. The Morgan fingerprint density at radius 2 is 1.10 bits per heavy atom. The minimum absolute atomic E-state index is 0.162. The van der Waals surface area contributed by atoms with Gasteiger partial charge in [0.2, 0.25) is 0 Å². The third kappa shape index (κ3) is 34.1. The summed E-state index contributed by atoms with van der Waals surface area (Å²) in [7, 11) is -4.62. The Kier molecular flexibility index (Phi) is 33.5. The molecule has 0 aromatic carbocycles. The Hall–Kier alpha value is -2.33. The lowest BCUT2D eigenvalue weighted by atomic mass is 10.1. The van der Waals surface area contributed by atoms with Gasteiger partial charge in [-0.2, -0.15) is 0 Å². The second kappa shape index (κ2) is 35.1. The van der Waals surface area contributed by atoms with E-state index in [2.05, 4.69) is 67.0 Å². The van der Waals surface area contributed by atoms with Crippen molar-refractivity contribution in [2.75, 3.05) is 26.4 Å². The summed E-state index contributed by atoms with van der Waals surface area (Å²) in [6.07, 6.45) is 36.3. The van der Waals surface area contributed by atoms with Gasteiger partial charge in [0.25, 0.3) is 0 Å². The topological polar surface area (TPSA) is 149 Å². The molecular weight excluding hydrogens is 659 g/mol. The summed E-state index contributed by atoms with van der Waals surface area (Å²) in [5.41, 5.74) is 0. The predicted octanol–water partition coefficient (Wildman–Crippen LogP) is 9.16. The van der Waals surface area contributed by atoms with Gasteiger partial charge in [-0.15, -0.1) is 0 Å². The van der Waals surface area contributed by atoms with Gasteiger partial charge in [-0.3, -0.25) is 18.6 Å². The number of carbonyl (C=O) groups is 2. The third-order valence-corrected chi connectivity index (χ3v) is 8.39. The van der Waals surface area contributed by atoms with Crippen LogP contribution in [0.5, 0.6) is 0 Å². The molecule has 0 aliphatic carbocycles. The number of unbranched alkanes of at least 4 members (excludes halogenated alkanes) is 10. The van der Waals surface area contributed by atoms with Gasteiger partial charge >= 0.3 is 19.8 Å². The summed E-state index contributed by atoms with van der Waals surface area (Å²) in [6.45, 7) is 2.15. The van der Waals surface area contributed by atoms with Gasteiger partial charge in [-0.25, -0.2) is 4.57 Å². The molecule has 0 aromatic heterocycles. The van der Waals surface area contributed by atoms with Crippen LogP contribution < -0.4 is 0 Å². The van der Waals surface area contributed by atoms with Gasteiger partial charge in [0, 0.05) is 12.8 Å². The molecule has 3 atom stereocenters. The van der Waals surface area contributed by atoms with Crippen LogP contribution in [-0.2, 0) is 32.7 Å². The first kappa shape index (κ1) is 47.7. The maximum absolute atomic E-state index is 12.5. The molecule has 0 aliphatic rings. The first-order valence-corrected chi connectivity index (χ1v) is 20.2. The molecule has 50 heavy (non-hydrogen) atoms. The number of aliphatic hydroxyl groups is 2. The maximum atomic E-state index is 12.5. The number of phosphoric acid groups is 1. The molecule has 0 heterocycles. The first-order chi connectivity index (χ1) is 24.2. The van der Waals surface area contributed by atoms with E-state index < -0.39 is 51.8 Å². The molecule has 10 nitrogen and oxygen atoms in total. The van der Waals surface area contributed by atoms with Crippen molar-refractivity contribution in [3.05, 3.63) is 60.8 Å². The highest BCUT2D eigenvalue weighted by Gasteiger charge is 2.27. The van der Waals surface area contributed by atoms with Crippen LogP contribution in [0.15, 0.2) is 60.8 Å². The average Bonchev–Trinajstić information content (AvgIpc) is 3.10. The van der Waals surface area contributed by atoms with Gasteiger partial charge in [-0.1, -0.05) is 132 Å². The highest BCUT2D eigenvalue weighted by molar-refractivity contribution is 7.47. The minimum Gasteiger partial charge on any atom is -0.462 e. The van der Waals surface area contributed by atoms with Gasteiger partial charge < -0.3 is 24.6 Å². The van der Waals surface area contributed by atoms with Crippen molar-refractivity contribution in [3.63, 3.8) is 0 Å². The summed E-state index contributed by atoms with van der Waals surface area (Å²) >= 11 is 0. The van der Waals surface area contributed by atoms with Crippen molar-refractivity contribution in [3.8, 4) is 0 Å². The van der Waals surface area contributed by atoms with E-state index in [0.29, 0.717) is 19.3 Å². The SMILES string of the molecule is CC/C=C/C/C=C/C/C=C/C/C=C/C/C=C/CCCC(=O)OC[C@@H](COP(=O)(O)OC[C@H](O)CO)OC(=O)CCCCCCCCCCCC. The number of hydrogen-bond donors (Lipinski definition) is 3. The molecule has 0 bridgehead atoms. The summed E-state index contributed by atoms with van der Waals surface area (Å²) in [5, 5.41) is 18.2. The number of rotatable bonds is 34. The third-order valence-electron chi connectivity index (χ3n) is 7.44. The van der Waals surface area contributed by atoms with Crippen LogP contribution in [0.3, 0.4) is 0 Å². The molecule has 3 N–H and O–H groups in total. The predicted molar refractivity (Wildman–Crippen MR) is 200 cm³/mol. The van der Waals surface area contributed by atoms with Gasteiger partial charge in [0.1, 0.15) is 12.7 Å². The summed E-state index contributed by atoms with van der Waals surface area (Å²) in [6, 6.07) is 0. The van der Waals surface area contributed by atoms with Crippen molar-refractivity contribution < 1.29 is 47.8 Å². The molecule has 1 unspecified atom stereocenters. The zero-order valence-corrected chi connectivity index (χ0v) is 31.7. The van der Waals surface area contributed by atoms with E-state index >= 15 is 0 Å². The van der Waals surface area contributed by atoms with E-state index in [1.807, 2.05) is 12.2 Å². The molecule has 0 saturated carbocycles. The smallest absolute Gasteiger partial charge is 0.462 e. The maximum Gasteiger partial charge on any atom is 0.472 e. The van der Waals surface area contributed by atoms with E-state index in [1.54, 1.807) is 0 Å². The summed E-state index contributed by atoms with van der Waals surface area (Å²) in [4.78, 5) is 34.7. The van der Waals surface area contributed by atoms with Crippen molar-refractivity contribution in [2.45, 2.75) is 148 Å². The molecular formula is C39H67O10P. The second-order valence-electron chi connectivity index (χ2n) is 12.2. The Morgan fingerprint density at radius 3 is 1.64 bits per heavy atom. The van der Waals surface area contributed by atoms with Crippen LogP contribution in [0.1, 0.15) is 136 Å².